The number of carbonyl (C=O) groups excluding carboxylic acids is 1. The molecule has 1 saturated heterocycles. The predicted octanol–water partition coefficient (Wildman–Crippen LogP) is 2.58. The summed E-state index contributed by atoms with van der Waals surface area (Å²) in [5.74, 6) is 0.198. The molecule has 0 radical (unpaired) electrons. The molecule has 0 aromatic carbocycles. The number of amides is 1. The molecule has 1 aliphatic rings. The SMILES string of the molecule is CC1(CNC(=O)c2occc2Br)CCNCC1.Cl. The average Bonchev–Trinajstić information content (AvgIpc) is 2.74. The van der Waals surface area contributed by atoms with Crippen LogP contribution < -0.4 is 10.6 Å². The highest BCUT2D eigenvalue weighted by atomic mass is 79.9. The van der Waals surface area contributed by atoms with E-state index in [0.29, 0.717) is 16.8 Å². The molecule has 6 heteroatoms. The molecule has 2 N–H and O–H groups in total. The molecule has 2 heterocycles. The zero-order chi connectivity index (χ0) is 12.3. The van der Waals surface area contributed by atoms with Crippen LogP contribution in [0.1, 0.15) is 30.3 Å². The van der Waals surface area contributed by atoms with Crippen LogP contribution in [0, 0.1) is 5.41 Å². The van der Waals surface area contributed by atoms with Crippen molar-refractivity contribution in [3.05, 3.63) is 22.6 Å². The van der Waals surface area contributed by atoms with Crippen molar-refractivity contribution in [2.45, 2.75) is 19.8 Å². The molecule has 1 aliphatic heterocycles. The predicted molar refractivity (Wildman–Crippen MR) is 76.2 cm³/mol. The largest absolute Gasteiger partial charge is 0.458 e. The minimum atomic E-state index is -0.151. The van der Waals surface area contributed by atoms with Crippen LogP contribution in [-0.2, 0) is 0 Å². The number of piperidine rings is 1. The van der Waals surface area contributed by atoms with Crippen LogP contribution in [0.3, 0.4) is 0 Å². The van der Waals surface area contributed by atoms with E-state index in [1.807, 2.05) is 0 Å². The lowest BCUT2D eigenvalue weighted by Crippen LogP contribution is -2.42. The van der Waals surface area contributed by atoms with Crippen molar-refractivity contribution in [1.82, 2.24) is 10.6 Å². The molecule has 0 bridgehead atoms. The van der Waals surface area contributed by atoms with Gasteiger partial charge in [0.05, 0.1) is 10.7 Å². The highest BCUT2D eigenvalue weighted by molar-refractivity contribution is 9.10. The first-order valence-corrected chi connectivity index (χ1v) is 6.62. The summed E-state index contributed by atoms with van der Waals surface area (Å²) in [6.45, 7) is 4.96. The average molecular weight is 338 g/mol. The molecule has 1 aromatic rings. The van der Waals surface area contributed by atoms with E-state index < -0.39 is 0 Å². The number of nitrogens with one attached hydrogen (secondary N) is 2. The fraction of sp³-hybridized carbons (Fsp3) is 0.583. The lowest BCUT2D eigenvalue weighted by molar-refractivity contribution is 0.0893. The Hall–Kier alpha value is -0.520. The van der Waals surface area contributed by atoms with Gasteiger partial charge in [0.2, 0.25) is 5.76 Å². The maximum Gasteiger partial charge on any atom is 0.288 e. The summed E-state index contributed by atoms with van der Waals surface area (Å²) in [7, 11) is 0. The van der Waals surface area contributed by atoms with E-state index in [4.69, 9.17) is 4.42 Å². The molecule has 0 aliphatic carbocycles. The number of halogens is 2. The van der Waals surface area contributed by atoms with Gasteiger partial charge in [0, 0.05) is 6.54 Å². The van der Waals surface area contributed by atoms with Crippen molar-refractivity contribution in [3.8, 4) is 0 Å². The van der Waals surface area contributed by atoms with E-state index in [2.05, 4.69) is 33.5 Å². The van der Waals surface area contributed by atoms with Crippen molar-refractivity contribution in [2.75, 3.05) is 19.6 Å². The Labute approximate surface area is 121 Å². The third kappa shape index (κ3) is 3.73. The third-order valence-corrected chi connectivity index (χ3v) is 3.93. The van der Waals surface area contributed by atoms with Crippen LogP contribution in [0.15, 0.2) is 21.2 Å². The minimum absolute atomic E-state index is 0. The number of rotatable bonds is 3. The highest BCUT2D eigenvalue weighted by Gasteiger charge is 2.27. The summed E-state index contributed by atoms with van der Waals surface area (Å²) in [5.41, 5.74) is 0.194. The molecular formula is C12H18BrClN2O2. The van der Waals surface area contributed by atoms with Crippen LogP contribution in [0.2, 0.25) is 0 Å². The maximum absolute atomic E-state index is 11.9. The molecule has 1 fully saturated rings. The van der Waals surface area contributed by atoms with Crippen molar-refractivity contribution < 1.29 is 9.21 Å². The van der Waals surface area contributed by atoms with Crippen LogP contribution in [0.5, 0.6) is 0 Å². The van der Waals surface area contributed by atoms with Gasteiger partial charge in [-0.3, -0.25) is 4.79 Å². The van der Waals surface area contributed by atoms with Crippen LogP contribution >= 0.6 is 28.3 Å². The Morgan fingerprint density at radius 1 is 1.56 bits per heavy atom. The van der Waals surface area contributed by atoms with Crippen molar-refractivity contribution in [1.29, 1.82) is 0 Å². The van der Waals surface area contributed by atoms with Crippen molar-refractivity contribution in [3.63, 3.8) is 0 Å². The molecular weight excluding hydrogens is 320 g/mol. The zero-order valence-electron chi connectivity index (χ0n) is 10.3. The molecule has 0 atom stereocenters. The summed E-state index contributed by atoms with van der Waals surface area (Å²) in [5, 5.41) is 6.27. The second-order valence-electron chi connectivity index (χ2n) is 4.84. The molecule has 1 amide bonds. The summed E-state index contributed by atoms with van der Waals surface area (Å²) >= 11 is 3.28. The molecule has 0 unspecified atom stereocenters. The molecule has 18 heavy (non-hydrogen) atoms. The van der Waals surface area contributed by atoms with E-state index in [9.17, 15) is 4.79 Å². The van der Waals surface area contributed by atoms with Gasteiger partial charge in [0.15, 0.2) is 0 Å². The first-order chi connectivity index (χ1) is 8.11. The molecule has 0 spiro atoms. The van der Waals surface area contributed by atoms with Gasteiger partial charge in [0.1, 0.15) is 0 Å². The smallest absolute Gasteiger partial charge is 0.288 e. The highest BCUT2D eigenvalue weighted by Crippen LogP contribution is 2.27. The van der Waals surface area contributed by atoms with E-state index >= 15 is 0 Å². The van der Waals surface area contributed by atoms with Crippen LogP contribution in [-0.4, -0.2) is 25.5 Å². The van der Waals surface area contributed by atoms with E-state index in [1.54, 1.807) is 6.07 Å². The lowest BCUT2D eigenvalue weighted by Gasteiger charge is -2.34. The number of hydrogen-bond acceptors (Lipinski definition) is 3. The number of furan rings is 1. The van der Waals surface area contributed by atoms with E-state index in [1.165, 1.54) is 6.26 Å². The Morgan fingerprint density at radius 2 is 2.22 bits per heavy atom. The Balaban J connectivity index is 0.00000162. The molecule has 1 aromatic heterocycles. The molecule has 0 saturated carbocycles. The zero-order valence-corrected chi connectivity index (χ0v) is 12.7. The first-order valence-electron chi connectivity index (χ1n) is 5.83. The van der Waals surface area contributed by atoms with Gasteiger partial charge in [-0.25, -0.2) is 0 Å². The van der Waals surface area contributed by atoms with Gasteiger partial charge in [-0.2, -0.15) is 0 Å². The number of carbonyl (C=O) groups is 1. The summed E-state index contributed by atoms with van der Waals surface area (Å²) in [4.78, 5) is 11.9. The standard InChI is InChI=1S/C12H17BrN2O2.ClH/c1-12(3-5-14-6-4-12)8-15-11(16)10-9(13)2-7-17-10;/h2,7,14H,3-6,8H2,1H3,(H,15,16);1H. The second-order valence-corrected chi connectivity index (χ2v) is 5.70. The number of hydrogen-bond donors (Lipinski definition) is 2. The minimum Gasteiger partial charge on any atom is -0.458 e. The maximum atomic E-state index is 11.9. The van der Waals surface area contributed by atoms with Gasteiger partial charge < -0.3 is 15.1 Å². The van der Waals surface area contributed by atoms with Crippen molar-refractivity contribution in [2.24, 2.45) is 5.41 Å². The van der Waals surface area contributed by atoms with Gasteiger partial charge in [-0.05, 0) is 53.3 Å². The fourth-order valence-corrected chi connectivity index (χ4v) is 2.42. The Morgan fingerprint density at radius 3 is 2.78 bits per heavy atom. The summed E-state index contributed by atoms with van der Waals surface area (Å²) < 4.78 is 5.83. The van der Waals surface area contributed by atoms with Gasteiger partial charge >= 0.3 is 0 Å². The van der Waals surface area contributed by atoms with Crippen LogP contribution in [0.4, 0.5) is 0 Å². The lowest BCUT2D eigenvalue weighted by atomic mass is 9.81. The monoisotopic (exact) mass is 336 g/mol. The van der Waals surface area contributed by atoms with E-state index in [-0.39, 0.29) is 23.7 Å². The van der Waals surface area contributed by atoms with Crippen molar-refractivity contribution >= 4 is 34.2 Å². The quantitative estimate of drug-likeness (QED) is 0.891. The van der Waals surface area contributed by atoms with Gasteiger partial charge in [-0.1, -0.05) is 6.92 Å². The molecule has 2 rings (SSSR count). The Bertz CT molecular complexity index is 403. The second kappa shape index (κ2) is 6.59. The molecule has 4 nitrogen and oxygen atoms in total. The van der Waals surface area contributed by atoms with E-state index in [0.717, 1.165) is 25.9 Å². The van der Waals surface area contributed by atoms with Gasteiger partial charge in [0.25, 0.3) is 5.91 Å². The van der Waals surface area contributed by atoms with Gasteiger partial charge in [-0.15, -0.1) is 12.4 Å². The normalized spacial score (nSPS) is 17.9. The summed E-state index contributed by atoms with van der Waals surface area (Å²) in [6, 6.07) is 1.72. The van der Waals surface area contributed by atoms with Crippen LogP contribution in [0.25, 0.3) is 0 Å². The Kier molecular flexibility index (Phi) is 5.69. The topological polar surface area (TPSA) is 54.3 Å². The first kappa shape index (κ1) is 15.5. The summed E-state index contributed by atoms with van der Waals surface area (Å²) in [6.07, 6.45) is 3.68. The molecule has 102 valence electrons. The third-order valence-electron chi connectivity index (χ3n) is 3.31. The fourth-order valence-electron chi connectivity index (χ4n) is 2.04.